The largest absolute Gasteiger partial charge is 0.492 e. The van der Waals surface area contributed by atoms with Gasteiger partial charge >= 0.3 is 0 Å². The molecule has 5 heteroatoms. The van der Waals surface area contributed by atoms with Crippen LogP contribution in [0, 0.1) is 5.92 Å². The number of benzene rings is 1. The molecule has 2 N–H and O–H groups in total. The molecular formula is C15H21BrN2O2. The number of carbonyl (C=O) groups excluding carboxylic acids is 1. The molecule has 1 fully saturated rings. The Morgan fingerprint density at radius 2 is 2.10 bits per heavy atom. The summed E-state index contributed by atoms with van der Waals surface area (Å²) in [6.45, 7) is 1.06. The minimum absolute atomic E-state index is 0.0253. The topological polar surface area (TPSA) is 55.6 Å². The number of hydrogen-bond donors (Lipinski definition) is 1. The summed E-state index contributed by atoms with van der Waals surface area (Å²) in [7, 11) is 1.80. The third kappa shape index (κ3) is 4.80. The van der Waals surface area contributed by atoms with Gasteiger partial charge in [-0.25, -0.2) is 0 Å². The van der Waals surface area contributed by atoms with E-state index >= 15 is 0 Å². The van der Waals surface area contributed by atoms with Gasteiger partial charge in [0.25, 0.3) is 0 Å². The molecule has 2 rings (SSSR count). The number of ether oxygens (including phenoxy) is 1. The Hall–Kier alpha value is -1.07. The van der Waals surface area contributed by atoms with Crippen LogP contribution in [0.25, 0.3) is 0 Å². The zero-order chi connectivity index (χ0) is 14.5. The monoisotopic (exact) mass is 340 g/mol. The second-order valence-electron chi connectivity index (χ2n) is 5.32. The number of rotatable bonds is 7. The van der Waals surface area contributed by atoms with Crippen molar-refractivity contribution in [1.29, 1.82) is 0 Å². The van der Waals surface area contributed by atoms with Gasteiger partial charge in [0.15, 0.2) is 0 Å². The van der Waals surface area contributed by atoms with Crippen molar-refractivity contribution < 1.29 is 9.53 Å². The first-order chi connectivity index (χ1) is 9.56. The highest BCUT2D eigenvalue weighted by Crippen LogP contribution is 2.32. The maximum absolute atomic E-state index is 12.0. The molecule has 1 amide bonds. The molecule has 0 aliphatic heterocycles. The van der Waals surface area contributed by atoms with Crippen molar-refractivity contribution in [3.8, 4) is 5.75 Å². The summed E-state index contributed by atoms with van der Waals surface area (Å²) in [6.07, 6.45) is 2.79. The molecule has 0 aromatic heterocycles. The lowest BCUT2D eigenvalue weighted by atomic mass is 10.1. The minimum atomic E-state index is 0.0253. The Morgan fingerprint density at radius 1 is 1.45 bits per heavy atom. The first-order valence-corrected chi connectivity index (χ1v) is 7.73. The summed E-state index contributed by atoms with van der Waals surface area (Å²) in [5, 5.41) is 0. The SMILES string of the molecule is CN(CCOc1ccc(Br)cc1)C(=O)CC(N)C1CC1. The van der Waals surface area contributed by atoms with E-state index in [1.165, 1.54) is 12.8 Å². The molecule has 1 aromatic carbocycles. The van der Waals surface area contributed by atoms with Gasteiger partial charge in [-0.1, -0.05) is 15.9 Å². The highest BCUT2D eigenvalue weighted by atomic mass is 79.9. The molecule has 110 valence electrons. The van der Waals surface area contributed by atoms with Crippen LogP contribution in [0.1, 0.15) is 19.3 Å². The third-order valence-electron chi connectivity index (χ3n) is 3.57. The molecule has 0 radical (unpaired) electrons. The molecule has 1 aliphatic rings. The Balaban J connectivity index is 1.67. The van der Waals surface area contributed by atoms with E-state index in [0.29, 0.717) is 25.5 Å². The van der Waals surface area contributed by atoms with Crippen molar-refractivity contribution in [2.45, 2.75) is 25.3 Å². The highest BCUT2D eigenvalue weighted by molar-refractivity contribution is 9.10. The summed E-state index contributed by atoms with van der Waals surface area (Å²) < 4.78 is 6.62. The van der Waals surface area contributed by atoms with Crippen molar-refractivity contribution in [2.24, 2.45) is 11.7 Å². The van der Waals surface area contributed by atoms with Gasteiger partial charge in [-0.05, 0) is 43.0 Å². The van der Waals surface area contributed by atoms with Crippen LogP contribution in [0.15, 0.2) is 28.7 Å². The standard InChI is InChI=1S/C15H21BrN2O2/c1-18(15(19)10-14(17)11-2-3-11)8-9-20-13-6-4-12(16)5-7-13/h4-7,11,14H,2-3,8-10,17H2,1H3. The second kappa shape index (κ2) is 7.09. The fraction of sp³-hybridized carbons (Fsp3) is 0.533. The van der Waals surface area contributed by atoms with Gasteiger partial charge < -0.3 is 15.4 Å². The van der Waals surface area contributed by atoms with Crippen LogP contribution in [-0.4, -0.2) is 37.0 Å². The molecule has 1 saturated carbocycles. The fourth-order valence-electron chi connectivity index (χ4n) is 2.00. The van der Waals surface area contributed by atoms with E-state index in [1.54, 1.807) is 11.9 Å². The molecule has 20 heavy (non-hydrogen) atoms. The van der Waals surface area contributed by atoms with E-state index in [9.17, 15) is 4.79 Å². The molecule has 1 aromatic rings. The maximum Gasteiger partial charge on any atom is 0.223 e. The third-order valence-corrected chi connectivity index (χ3v) is 4.10. The maximum atomic E-state index is 12.0. The molecule has 1 atom stereocenters. The summed E-state index contributed by atoms with van der Waals surface area (Å²) in [5.74, 6) is 1.47. The van der Waals surface area contributed by atoms with Crippen LogP contribution in [-0.2, 0) is 4.79 Å². The van der Waals surface area contributed by atoms with Gasteiger partial charge in [0.2, 0.25) is 5.91 Å². The number of carbonyl (C=O) groups is 1. The van der Waals surface area contributed by atoms with Gasteiger partial charge in [-0.3, -0.25) is 4.79 Å². The zero-order valence-corrected chi connectivity index (χ0v) is 13.3. The molecule has 0 bridgehead atoms. The smallest absolute Gasteiger partial charge is 0.223 e. The summed E-state index contributed by atoms with van der Waals surface area (Å²) in [6, 6.07) is 7.68. The van der Waals surface area contributed by atoms with Crippen LogP contribution < -0.4 is 10.5 Å². The average Bonchev–Trinajstić information content (AvgIpc) is 3.25. The Labute approximate surface area is 128 Å². The van der Waals surface area contributed by atoms with Crippen molar-refractivity contribution in [2.75, 3.05) is 20.2 Å². The number of nitrogens with two attached hydrogens (primary N) is 1. The van der Waals surface area contributed by atoms with Crippen LogP contribution in [0.4, 0.5) is 0 Å². The average molecular weight is 341 g/mol. The van der Waals surface area contributed by atoms with Gasteiger partial charge in [-0.15, -0.1) is 0 Å². The van der Waals surface area contributed by atoms with E-state index in [-0.39, 0.29) is 11.9 Å². The van der Waals surface area contributed by atoms with Gasteiger partial charge in [-0.2, -0.15) is 0 Å². The quantitative estimate of drug-likeness (QED) is 0.829. The summed E-state index contributed by atoms with van der Waals surface area (Å²) >= 11 is 3.38. The van der Waals surface area contributed by atoms with Gasteiger partial charge in [0.1, 0.15) is 12.4 Å². The van der Waals surface area contributed by atoms with E-state index in [4.69, 9.17) is 10.5 Å². The summed E-state index contributed by atoms with van der Waals surface area (Å²) in [5.41, 5.74) is 5.97. The lowest BCUT2D eigenvalue weighted by Gasteiger charge is -2.19. The lowest BCUT2D eigenvalue weighted by molar-refractivity contribution is -0.130. The van der Waals surface area contributed by atoms with Gasteiger partial charge in [0, 0.05) is 24.0 Å². The lowest BCUT2D eigenvalue weighted by Crippen LogP contribution is -2.36. The number of amides is 1. The zero-order valence-electron chi connectivity index (χ0n) is 11.7. The number of halogens is 1. The van der Waals surface area contributed by atoms with E-state index in [0.717, 1.165) is 10.2 Å². The molecule has 0 heterocycles. The minimum Gasteiger partial charge on any atom is -0.492 e. The Kier molecular flexibility index (Phi) is 5.43. The number of hydrogen-bond acceptors (Lipinski definition) is 3. The first-order valence-electron chi connectivity index (χ1n) is 6.94. The van der Waals surface area contributed by atoms with E-state index in [2.05, 4.69) is 15.9 Å². The predicted octanol–water partition coefficient (Wildman–Crippen LogP) is 2.41. The highest BCUT2D eigenvalue weighted by Gasteiger charge is 2.30. The number of likely N-dealkylation sites (N-methyl/N-ethyl adjacent to an activating group) is 1. The van der Waals surface area contributed by atoms with Crippen LogP contribution in [0.2, 0.25) is 0 Å². The van der Waals surface area contributed by atoms with Crippen molar-refractivity contribution in [3.05, 3.63) is 28.7 Å². The molecule has 1 aliphatic carbocycles. The molecule has 4 nitrogen and oxygen atoms in total. The van der Waals surface area contributed by atoms with E-state index in [1.807, 2.05) is 24.3 Å². The van der Waals surface area contributed by atoms with Gasteiger partial charge in [0.05, 0.1) is 6.54 Å². The van der Waals surface area contributed by atoms with E-state index < -0.39 is 0 Å². The summed E-state index contributed by atoms with van der Waals surface area (Å²) in [4.78, 5) is 13.7. The molecule has 1 unspecified atom stereocenters. The molecular weight excluding hydrogens is 320 g/mol. The normalized spacial score (nSPS) is 15.8. The van der Waals surface area contributed by atoms with Crippen molar-refractivity contribution >= 4 is 21.8 Å². The number of nitrogens with zero attached hydrogens (tertiary/aromatic N) is 1. The first kappa shape index (κ1) is 15.3. The Morgan fingerprint density at radius 3 is 2.70 bits per heavy atom. The van der Waals surface area contributed by atoms with Crippen LogP contribution in [0.3, 0.4) is 0 Å². The second-order valence-corrected chi connectivity index (χ2v) is 6.24. The van der Waals surface area contributed by atoms with Crippen molar-refractivity contribution in [3.63, 3.8) is 0 Å². The van der Waals surface area contributed by atoms with Crippen LogP contribution >= 0.6 is 15.9 Å². The molecule has 0 saturated heterocycles. The van der Waals surface area contributed by atoms with Crippen molar-refractivity contribution in [1.82, 2.24) is 4.90 Å². The molecule has 0 spiro atoms. The van der Waals surface area contributed by atoms with Crippen LogP contribution in [0.5, 0.6) is 5.75 Å². The Bertz CT molecular complexity index is 446. The fourth-order valence-corrected chi connectivity index (χ4v) is 2.27. The predicted molar refractivity (Wildman–Crippen MR) is 82.6 cm³/mol.